The molecule has 4 rings (SSSR count). The van der Waals surface area contributed by atoms with Crippen molar-refractivity contribution in [2.45, 2.75) is 19.6 Å². The Balaban J connectivity index is 1.48. The number of benzene rings is 1. The van der Waals surface area contributed by atoms with Crippen LogP contribution in [0.25, 0.3) is 0 Å². The SMILES string of the molecule is Cc1ccc(C2=NO[C@@H]3CN(Cc4ccccn4)C[C@H]23)cc1. The van der Waals surface area contributed by atoms with E-state index in [1.165, 1.54) is 11.1 Å². The topological polar surface area (TPSA) is 37.7 Å². The highest BCUT2D eigenvalue weighted by Gasteiger charge is 2.42. The second kappa shape index (κ2) is 5.54. The molecule has 0 saturated carbocycles. The molecule has 1 aromatic carbocycles. The summed E-state index contributed by atoms with van der Waals surface area (Å²) in [4.78, 5) is 12.5. The number of aromatic nitrogens is 1. The number of aryl methyl sites for hydroxylation is 1. The predicted molar refractivity (Wildman–Crippen MR) is 85.6 cm³/mol. The molecule has 2 atom stereocenters. The maximum absolute atomic E-state index is 5.67. The smallest absolute Gasteiger partial charge is 0.149 e. The predicted octanol–water partition coefficient (Wildman–Crippen LogP) is 2.62. The third-order valence-electron chi connectivity index (χ3n) is 4.44. The maximum atomic E-state index is 5.67. The Kier molecular flexibility index (Phi) is 3.39. The second-order valence-electron chi connectivity index (χ2n) is 6.11. The fraction of sp³-hybridized carbons (Fsp3) is 0.333. The summed E-state index contributed by atoms with van der Waals surface area (Å²) in [5, 5.41) is 4.34. The Labute approximate surface area is 130 Å². The largest absolute Gasteiger partial charge is 0.390 e. The van der Waals surface area contributed by atoms with Gasteiger partial charge in [-0.25, -0.2) is 0 Å². The summed E-state index contributed by atoms with van der Waals surface area (Å²) < 4.78 is 0. The van der Waals surface area contributed by atoms with E-state index in [9.17, 15) is 0 Å². The first-order chi connectivity index (χ1) is 10.8. The quantitative estimate of drug-likeness (QED) is 0.873. The number of likely N-dealkylation sites (tertiary alicyclic amines) is 1. The van der Waals surface area contributed by atoms with Crippen LogP contribution in [0.2, 0.25) is 0 Å². The molecule has 3 heterocycles. The third kappa shape index (κ3) is 2.50. The number of hydrogen-bond donors (Lipinski definition) is 0. The molecule has 0 radical (unpaired) electrons. The number of rotatable bonds is 3. The van der Waals surface area contributed by atoms with Crippen molar-refractivity contribution in [2.75, 3.05) is 13.1 Å². The normalized spacial score (nSPS) is 24.0. The molecule has 4 nitrogen and oxygen atoms in total. The standard InChI is InChI=1S/C18H19N3O/c1-13-5-7-14(8-6-13)18-16-11-21(12-17(16)22-20-18)10-15-4-2-3-9-19-15/h2-9,16-17H,10-12H2,1H3/t16-,17+/m0/s1. The zero-order valence-electron chi connectivity index (χ0n) is 12.6. The van der Waals surface area contributed by atoms with Gasteiger partial charge in [-0.2, -0.15) is 0 Å². The van der Waals surface area contributed by atoms with E-state index in [0.717, 1.165) is 31.0 Å². The summed E-state index contributed by atoms with van der Waals surface area (Å²) in [6.07, 6.45) is 2.03. The average Bonchev–Trinajstić information content (AvgIpc) is 3.09. The van der Waals surface area contributed by atoms with Gasteiger partial charge in [-0.1, -0.05) is 41.1 Å². The summed E-state index contributed by atoms with van der Waals surface area (Å²) in [5.41, 5.74) is 4.64. The van der Waals surface area contributed by atoms with Crippen molar-refractivity contribution in [3.05, 3.63) is 65.5 Å². The number of hydrogen-bond acceptors (Lipinski definition) is 4. The van der Waals surface area contributed by atoms with Crippen LogP contribution in [0.1, 0.15) is 16.8 Å². The molecular weight excluding hydrogens is 274 g/mol. The summed E-state index contributed by atoms with van der Waals surface area (Å²) in [6, 6.07) is 14.6. The minimum Gasteiger partial charge on any atom is -0.390 e. The van der Waals surface area contributed by atoms with E-state index in [2.05, 4.69) is 52.3 Å². The van der Waals surface area contributed by atoms with Crippen molar-refractivity contribution in [3.63, 3.8) is 0 Å². The van der Waals surface area contributed by atoms with Gasteiger partial charge < -0.3 is 4.84 Å². The van der Waals surface area contributed by atoms with Crippen LogP contribution in [0, 0.1) is 12.8 Å². The fourth-order valence-corrected chi connectivity index (χ4v) is 3.25. The van der Waals surface area contributed by atoms with Gasteiger partial charge in [0.1, 0.15) is 6.10 Å². The van der Waals surface area contributed by atoms with Gasteiger partial charge in [-0.05, 0) is 24.6 Å². The molecule has 112 valence electrons. The van der Waals surface area contributed by atoms with Crippen molar-refractivity contribution in [1.82, 2.24) is 9.88 Å². The molecule has 2 aliphatic heterocycles. The van der Waals surface area contributed by atoms with Crippen LogP contribution >= 0.6 is 0 Å². The molecule has 1 fully saturated rings. The van der Waals surface area contributed by atoms with Crippen LogP contribution in [-0.2, 0) is 11.4 Å². The van der Waals surface area contributed by atoms with Gasteiger partial charge in [-0.3, -0.25) is 9.88 Å². The first kappa shape index (κ1) is 13.5. The minimum atomic E-state index is 0.181. The second-order valence-corrected chi connectivity index (χ2v) is 6.11. The highest BCUT2D eigenvalue weighted by molar-refractivity contribution is 6.03. The highest BCUT2D eigenvalue weighted by atomic mass is 16.6. The lowest BCUT2D eigenvalue weighted by Gasteiger charge is -2.15. The molecule has 0 N–H and O–H groups in total. The van der Waals surface area contributed by atoms with Gasteiger partial charge in [0, 0.05) is 25.8 Å². The van der Waals surface area contributed by atoms with Gasteiger partial charge in [0.05, 0.1) is 17.3 Å². The van der Waals surface area contributed by atoms with Gasteiger partial charge in [0.15, 0.2) is 0 Å². The average molecular weight is 293 g/mol. The van der Waals surface area contributed by atoms with E-state index < -0.39 is 0 Å². The van der Waals surface area contributed by atoms with Crippen molar-refractivity contribution in [1.29, 1.82) is 0 Å². The lowest BCUT2D eigenvalue weighted by molar-refractivity contribution is 0.0744. The van der Waals surface area contributed by atoms with E-state index in [-0.39, 0.29) is 6.10 Å². The first-order valence-electron chi connectivity index (χ1n) is 7.72. The molecule has 2 aliphatic rings. The van der Waals surface area contributed by atoms with Crippen molar-refractivity contribution in [2.24, 2.45) is 11.1 Å². The molecule has 2 aromatic rings. The van der Waals surface area contributed by atoms with Crippen LogP contribution in [0.3, 0.4) is 0 Å². The molecular formula is C18H19N3O. The van der Waals surface area contributed by atoms with Crippen molar-refractivity contribution < 1.29 is 4.84 Å². The molecule has 0 bridgehead atoms. The Morgan fingerprint density at radius 3 is 2.77 bits per heavy atom. The van der Waals surface area contributed by atoms with Crippen LogP contribution in [0.5, 0.6) is 0 Å². The highest BCUT2D eigenvalue weighted by Crippen LogP contribution is 2.30. The maximum Gasteiger partial charge on any atom is 0.149 e. The molecule has 0 aliphatic carbocycles. The minimum absolute atomic E-state index is 0.181. The summed E-state index contributed by atoms with van der Waals surface area (Å²) in [7, 11) is 0. The Bertz CT molecular complexity index is 681. The van der Waals surface area contributed by atoms with Crippen LogP contribution in [0.4, 0.5) is 0 Å². The number of pyridine rings is 1. The molecule has 0 unspecified atom stereocenters. The van der Waals surface area contributed by atoms with Crippen molar-refractivity contribution >= 4 is 5.71 Å². The zero-order valence-corrected chi connectivity index (χ0v) is 12.6. The molecule has 1 aromatic heterocycles. The van der Waals surface area contributed by atoms with E-state index in [4.69, 9.17) is 4.84 Å². The third-order valence-corrected chi connectivity index (χ3v) is 4.44. The molecule has 1 saturated heterocycles. The summed E-state index contributed by atoms with van der Waals surface area (Å²) in [5.74, 6) is 0.367. The first-order valence-corrected chi connectivity index (χ1v) is 7.72. The lowest BCUT2D eigenvalue weighted by atomic mass is 9.94. The van der Waals surface area contributed by atoms with Crippen LogP contribution < -0.4 is 0 Å². The van der Waals surface area contributed by atoms with E-state index in [1.54, 1.807) is 0 Å². The molecule has 22 heavy (non-hydrogen) atoms. The van der Waals surface area contributed by atoms with Crippen molar-refractivity contribution in [3.8, 4) is 0 Å². The van der Waals surface area contributed by atoms with E-state index in [1.807, 2.05) is 18.3 Å². The molecule has 0 amide bonds. The molecule has 4 heteroatoms. The number of oxime groups is 1. The van der Waals surface area contributed by atoms with Gasteiger partial charge in [0.2, 0.25) is 0 Å². The van der Waals surface area contributed by atoms with Gasteiger partial charge in [-0.15, -0.1) is 0 Å². The lowest BCUT2D eigenvalue weighted by Crippen LogP contribution is -2.23. The Morgan fingerprint density at radius 1 is 1.14 bits per heavy atom. The van der Waals surface area contributed by atoms with Gasteiger partial charge >= 0.3 is 0 Å². The Hall–Kier alpha value is -2.20. The summed E-state index contributed by atoms with van der Waals surface area (Å²) in [6.45, 7) is 4.87. The van der Waals surface area contributed by atoms with Crippen LogP contribution in [-0.4, -0.2) is 34.8 Å². The van der Waals surface area contributed by atoms with Crippen LogP contribution in [0.15, 0.2) is 53.8 Å². The number of nitrogens with zero attached hydrogens (tertiary/aromatic N) is 3. The number of fused-ring (bicyclic) bond motifs is 1. The summed E-state index contributed by atoms with van der Waals surface area (Å²) >= 11 is 0. The monoisotopic (exact) mass is 293 g/mol. The van der Waals surface area contributed by atoms with E-state index >= 15 is 0 Å². The Morgan fingerprint density at radius 2 is 2.00 bits per heavy atom. The zero-order chi connectivity index (χ0) is 14.9. The fourth-order valence-electron chi connectivity index (χ4n) is 3.25. The van der Waals surface area contributed by atoms with Gasteiger partial charge in [0.25, 0.3) is 0 Å². The molecule has 0 spiro atoms. The van der Waals surface area contributed by atoms with E-state index in [0.29, 0.717) is 5.92 Å².